The maximum Gasteiger partial charge on any atom is 0.276 e. The summed E-state index contributed by atoms with van der Waals surface area (Å²) in [6.45, 7) is 6.78. The zero-order valence-corrected chi connectivity index (χ0v) is 25.0. The fraction of sp³-hybridized carbons (Fsp3) is 0.364. The van der Waals surface area contributed by atoms with Crippen LogP contribution in [0.4, 0.5) is 5.69 Å². The molecule has 220 valence electrons. The van der Waals surface area contributed by atoms with Crippen molar-refractivity contribution in [2.75, 3.05) is 52.7 Å². The number of aryl methyl sites for hydroxylation is 1. The Balaban J connectivity index is 1.48. The molecule has 1 aliphatic rings. The second-order valence-corrected chi connectivity index (χ2v) is 11.0. The molecule has 9 nitrogen and oxygen atoms in total. The second-order valence-electron chi connectivity index (χ2n) is 11.0. The van der Waals surface area contributed by atoms with E-state index in [0.717, 1.165) is 60.5 Å². The van der Waals surface area contributed by atoms with Gasteiger partial charge in [0.25, 0.3) is 5.91 Å². The van der Waals surface area contributed by atoms with E-state index in [1.54, 1.807) is 7.11 Å². The van der Waals surface area contributed by atoms with E-state index in [1.165, 1.54) is 5.56 Å². The number of carbonyl (C=O) groups is 1. The number of hydrogen-bond donors (Lipinski definition) is 1. The van der Waals surface area contributed by atoms with Crippen molar-refractivity contribution < 1.29 is 14.1 Å². The van der Waals surface area contributed by atoms with E-state index in [1.807, 2.05) is 55.2 Å². The maximum absolute atomic E-state index is 14.2. The SMILES string of the molecule is COc1ccc(-c2ccc3c(c2)CN(C(=O)c2noc(C)c2CN(C)C)CCN(Cc2ccccc2)CCCN3)cn1. The maximum atomic E-state index is 14.2. The molecule has 0 aliphatic carbocycles. The molecule has 0 unspecified atom stereocenters. The summed E-state index contributed by atoms with van der Waals surface area (Å²) in [5.74, 6) is 1.13. The molecule has 4 aromatic rings. The highest BCUT2D eigenvalue weighted by Crippen LogP contribution is 2.28. The molecule has 0 atom stereocenters. The molecule has 1 N–H and O–H groups in total. The van der Waals surface area contributed by atoms with Gasteiger partial charge in [0.1, 0.15) is 5.76 Å². The van der Waals surface area contributed by atoms with Gasteiger partial charge in [-0.2, -0.15) is 0 Å². The largest absolute Gasteiger partial charge is 0.481 e. The third kappa shape index (κ3) is 7.16. The summed E-state index contributed by atoms with van der Waals surface area (Å²) in [6, 6.07) is 20.7. The first kappa shape index (κ1) is 29.3. The Kier molecular flexibility index (Phi) is 9.51. The van der Waals surface area contributed by atoms with E-state index in [4.69, 9.17) is 9.26 Å². The van der Waals surface area contributed by atoms with Crippen molar-refractivity contribution in [2.45, 2.75) is 33.0 Å². The third-order valence-corrected chi connectivity index (χ3v) is 7.60. The van der Waals surface area contributed by atoms with Crippen LogP contribution in [0.2, 0.25) is 0 Å². The zero-order valence-electron chi connectivity index (χ0n) is 25.0. The lowest BCUT2D eigenvalue weighted by Crippen LogP contribution is -2.39. The number of carbonyl (C=O) groups excluding carboxylic acids is 1. The first-order valence-corrected chi connectivity index (χ1v) is 14.4. The third-order valence-electron chi connectivity index (χ3n) is 7.60. The first-order valence-electron chi connectivity index (χ1n) is 14.4. The molecule has 2 aromatic carbocycles. The number of rotatable bonds is 7. The van der Waals surface area contributed by atoms with Crippen LogP contribution in [0.25, 0.3) is 11.1 Å². The lowest BCUT2D eigenvalue weighted by atomic mass is 10.0. The number of aromatic nitrogens is 2. The number of nitrogens with zero attached hydrogens (tertiary/aromatic N) is 5. The average Bonchev–Trinajstić information content (AvgIpc) is 3.34. The monoisotopic (exact) mass is 568 g/mol. The number of pyridine rings is 1. The smallest absolute Gasteiger partial charge is 0.276 e. The molecule has 0 fully saturated rings. The van der Waals surface area contributed by atoms with Crippen LogP contribution in [0.15, 0.2) is 71.4 Å². The standard InChI is InChI=1S/C33H40N6O3/c1-24-29(23-37(2)3)32(36-42-24)33(40)39-18-17-38(21-25-9-6-5-7-10-25)16-8-15-34-30-13-11-26(19-28(30)22-39)27-12-14-31(41-4)35-20-27/h5-7,9-14,19-20,34H,8,15-18,21-23H2,1-4H3. The van der Waals surface area contributed by atoms with Crippen LogP contribution in [0.5, 0.6) is 5.88 Å². The summed E-state index contributed by atoms with van der Waals surface area (Å²) in [5.41, 5.74) is 6.57. The molecule has 3 heterocycles. The Labute approximate surface area is 248 Å². The molecule has 1 amide bonds. The molecule has 42 heavy (non-hydrogen) atoms. The quantitative estimate of drug-likeness (QED) is 0.331. The van der Waals surface area contributed by atoms with E-state index in [2.05, 4.69) is 62.8 Å². The Hall–Kier alpha value is -4.21. The summed E-state index contributed by atoms with van der Waals surface area (Å²) in [4.78, 5) is 24.9. The Bertz CT molecular complexity index is 1470. The van der Waals surface area contributed by atoms with Crippen molar-refractivity contribution in [2.24, 2.45) is 0 Å². The van der Waals surface area contributed by atoms with Gasteiger partial charge < -0.3 is 24.4 Å². The molecule has 0 saturated carbocycles. The predicted octanol–water partition coefficient (Wildman–Crippen LogP) is 5.08. The summed E-state index contributed by atoms with van der Waals surface area (Å²) in [7, 11) is 5.57. The van der Waals surface area contributed by atoms with E-state index in [9.17, 15) is 4.79 Å². The van der Waals surface area contributed by atoms with Gasteiger partial charge in [0, 0.05) is 74.9 Å². The van der Waals surface area contributed by atoms with Crippen LogP contribution >= 0.6 is 0 Å². The van der Waals surface area contributed by atoms with Gasteiger partial charge in [-0.05, 0) is 62.3 Å². The molecule has 9 heteroatoms. The van der Waals surface area contributed by atoms with Gasteiger partial charge in [-0.15, -0.1) is 0 Å². The predicted molar refractivity (Wildman–Crippen MR) is 164 cm³/mol. The van der Waals surface area contributed by atoms with Crippen molar-refractivity contribution in [1.82, 2.24) is 24.8 Å². The topological polar surface area (TPSA) is 87.0 Å². The van der Waals surface area contributed by atoms with Crippen molar-refractivity contribution in [1.29, 1.82) is 0 Å². The van der Waals surface area contributed by atoms with Gasteiger partial charge in [-0.1, -0.05) is 41.6 Å². The first-order chi connectivity index (χ1) is 20.4. The number of amides is 1. The van der Waals surface area contributed by atoms with Gasteiger partial charge in [0.2, 0.25) is 5.88 Å². The van der Waals surface area contributed by atoms with Gasteiger partial charge in [-0.25, -0.2) is 4.98 Å². The number of fused-ring (bicyclic) bond motifs is 1. The van der Waals surface area contributed by atoms with E-state index in [-0.39, 0.29) is 5.91 Å². The zero-order chi connectivity index (χ0) is 29.5. The highest BCUT2D eigenvalue weighted by molar-refractivity contribution is 5.94. The molecule has 0 bridgehead atoms. The molecule has 0 radical (unpaired) electrons. The summed E-state index contributed by atoms with van der Waals surface area (Å²) in [6.07, 6.45) is 2.80. The Morgan fingerprint density at radius 1 is 1.05 bits per heavy atom. The van der Waals surface area contributed by atoms with Crippen molar-refractivity contribution in [3.8, 4) is 17.0 Å². The molecule has 0 saturated heterocycles. The molecule has 5 rings (SSSR count). The van der Waals surface area contributed by atoms with Crippen LogP contribution < -0.4 is 10.1 Å². The minimum absolute atomic E-state index is 0.120. The number of hydrogen-bond acceptors (Lipinski definition) is 8. The van der Waals surface area contributed by atoms with Crippen molar-refractivity contribution >= 4 is 11.6 Å². The minimum Gasteiger partial charge on any atom is -0.481 e. The average molecular weight is 569 g/mol. The molecular weight excluding hydrogens is 528 g/mol. The van der Waals surface area contributed by atoms with Crippen LogP contribution in [0.3, 0.4) is 0 Å². The second kappa shape index (κ2) is 13.6. The number of methoxy groups -OCH3 is 1. The lowest BCUT2D eigenvalue weighted by molar-refractivity contribution is 0.0708. The summed E-state index contributed by atoms with van der Waals surface area (Å²) < 4.78 is 10.8. The molecule has 0 spiro atoms. The molecule has 2 aromatic heterocycles. The Morgan fingerprint density at radius 2 is 1.86 bits per heavy atom. The fourth-order valence-corrected chi connectivity index (χ4v) is 5.32. The van der Waals surface area contributed by atoms with Gasteiger partial charge >= 0.3 is 0 Å². The summed E-state index contributed by atoms with van der Waals surface area (Å²) >= 11 is 0. The van der Waals surface area contributed by atoms with Gasteiger partial charge in [0.05, 0.1) is 7.11 Å². The van der Waals surface area contributed by atoms with Gasteiger partial charge in [0.15, 0.2) is 5.69 Å². The van der Waals surface area contributed by atoms with E-state index in [0.29, 0.717) is 37.0 Å². The molecular formula is C33H40N6O3. The number of nitrogens with one attached hydrogen (secondary N) is 1. The molecule has 1 aliphatic heterocycles. The highest BCUT2D eigenvalue weighted by Gasteiger charge is 2.27. The van der Waals surface area contributed by atoms with Crippen LogP contribution in [-0.4, -0.2) is 78.1 Å². The fourth-order valence-electron chi connectivity index (χ4n) is 5.32. The van der Waals surface area contributed by atoms with Crippen molar-refractivity contribution in [3.05, 3.63) is 95.0 Å². The summed E-state index contributed by atoms with van der Waals surface area (Å²) in [5, 5.41) is 7.88. The normalized spacial score (nSPS) is 14.6. The van der Waals surface area contributed by atoms with Crippen LogP contribution in [0.1, 0.15) is 39.4 Å². The van der Waals surface area contributed by atoms with Crippen molar-refractivity contribution in [3.63, 3.8) is 0 Å². The van der Waals surface area contributed by atoms with Gasteiger partial charge in [-0.3, -0.25) is 9.69 Å². The lowest BCUT2D eigenvalue weighted by Gasteiger charge is -2.28. The van der Waals surface area contributed by atoms with E-state index >= 15 is 0 Å². The van der Waals surface area contributed by atoms with Crippen LogP contribution in [-0.2, 0) is 19.6 Å². The minimum atomic E-state index is -0.120. The number of benzene rings is 2. The number of anilines is 1. The number of ether oxygens (including phenoxy) is 1. The van der Waals surface area contributed by atoms with Crippen LogP contribution in [0, 0.1) is 6.92 Å². The van der Waals surface area contributed by atoms with E-state index < -0.39 is 0 Å². The Morgan fingerprint density at radius 3 is 2.60 bits per heavy atom. The highest BCUT2D eigenvalue weighted by atomic mass is 16.5.